The highest BCUT2D eigenvalue weighted by molar-refractivity contribution is 6.98. The highest BCUT2D eigenvalue weighted by atomic mass is 28.4. The summed E-state index contributed by atoms with van der Waals surface area (Å²) in [7, 11) is -2.90. The minimum Gasteiger partial charge on any atom is -0.481 e. The lowest BCUT2D eigenvalue weighted by molar-refractivity contribution is -0.137. The minimum absolute atomic E-state index is 0.170. The van der Waals surface area contributed by atoms with E-state index in [0.29, 0.717) is 12.2 Å². The summed E-state index contributed by atoms with van der Waals surface area (Å²) in [5, 5.41) is 10.6. The van der Waals surface area contributed by atoms with Crippen molar-refractivity contribution in [3.63, 3.8) is 0 Å². The maximum absolute atomic E-state index is 12.2. The Hall–Kier alpha value is -2.24. The Labute approximate surface area is 238 Å². The Kier molecular flexibility index (Phi) is 15.4. The summed E-state index contributed by atoms with van der Waals surface area (Å²) >= 11 is 0. The average molecular weight is 553 g/mol. The molecule has 0 saturated carbocycles. The number of ketones is 1. The fourth-order valence-electron chi connectivity index (χ4n) is 5.69. The molecule has 0 aliphatic rings. The second kappa shape index (κ2) is 18.2. The number of unbranched alkanes of at least 4 members (excludes halogenated alkanes) is 11. The molecular formula is C34H52O4Si. The molecule has 0 amide bonds. The van der Waals surface area contributed by atoms with E-state index in [-0.39, 0.29) is 11.5 Å². The van der Waals surface area contributed by atoms with Gasteiger partial charge in [0.2, 0.25) is 0 Å². The molecule has 0 heterocycles. The largest absolute Gasteiger partial charge is 0.481 e. The van der Waals surface area contributed by atoms with Gasteiger partial charge in [-0.05, 0) is 41.1 Å². The van der Waals surface area contributed by atoms with Crippen LogP contribution in [0.25, 0.3) is 0 Å². The number of hydrogen-bond acceptors (Lipinski definition) is 3. The molecule has 0 radical (unpaired) electrons. The second-order valence-corrected chi connectivity index (χ2v) is 15.8. The first-order valence-corrected chi connectivity index (χ1v) is 17.3. The zero-order chi connectivity index (χ0) is 28.4. The number of rotatable bonds is 22. The molecule has 2 aromatic carbocycles. The summed E-state index contributed by atoms with van der Waals surface area (Å²) in [5.74, 6) is -0.310. The predicted octanol–water partition coefficient (Wildman–Crippen LogP) is 7.80. The molecule has 0 aromatic heterocycles. The summed E-state index contributed by atoms with van der Waals surface area (Å²) in [4.78, 5) is 34.9. The summed E-state index contributed by atoms with van der Waals surface area (Å²) < 4.78 is 0. The highest BCUT2D eigenvalue weighted by Crippen LogP contribution is 2.40. The van der Waals surface area contributed by atoms with Gasteiger partial charge < -0.3 is 9.90 Å². The summed E-state index contributed by atoms with van der Waals surface area (Å²) in [6.07, 6.45) is 16.7. The van der Waals surface area contributed by atoms with Crippen LogP contribution in [0.15, 0.2) is 60.7 Å². The molecule has 5 heteroatoms. The Morgan fingerprint density at radius 1 is 0.590 bits per heavy atom. The van der Waals surface area contributed by atoms with Crippen LogP contribution in [0, 0.1) is 0 Å². The van der Waals surface area contributed by atoms with Crippen LogP contribution < -0.4 is 10.4 Å². The molecule has 0 bridgehead atoms. The SMILES string of the molecule is CC(C)(CCCCCCCCCC(=O)CCCCCCCCC(=O)O)[Si](O)(c1ccccc1)c1ccccc1. The number of benzene rings is 2. The van der Waals surface area contributed by atoms with E-state index in [2.05, 4.69) is 38.1 Å². The van der Waals surface area contributed by atoms with Crippen molar-refractivity contribution < 1.29 is 19.5 Å². The Balaban J connectivity index is 1.57. The number of carboxylic acids is 1. The van der Waals surface area contributed by atoms with E-state index in [1.165, 1.54) is 25.7 Å². The third kappa shape index (κ3) is 11.8. The van der Waals surface area contributed by atoms with Gasteiger partial charge in [0.25, 0.3) is 8.32 Å². The van der Waals surface area contributed by atoms with Gasteiger partial charge in [0.1, 0.15) is 5.78 Å². The monoisotopic (exact) mass is 552 g/mol. The zero-order valence-electron chi connectivity index (χ0n) is 24.5. The number of aliphatic carboxylic acids is 1. The topological polar surface area (TPSA) is 74.6 Å². The first kappa shape index (κ1) is 33.0. The van der Waals surface area contributed by atoms with Crippen molar-refractivity contribution in [3.05, 3.63) is 60.7 Å². The molecule has 2 aromatic rings. The molecule has 0 spiro atoms. The van der Waals surface area contributed by atoms with Crippen LogP contribution in [0.5, 0.6) is 0 Å². The van der Waals surface area contributed by atoms with E-state index in [1.54, 1.807) is 0 Å². The summed E-state index contributed by atoms with van der Waals surface area (Å²) in [5.41, 5.74) is 0. The standard InChI is InChI=1S/C34H52O4Si/c1-34(2,39(38,31-24-16-12-17-25-31)32-26-18-13-19-27-32)29-21-11-7-3-4-8-14-22-30(35)23-15-9-5-6-10-20-28-33(36)37/h12-13,16-19,24-27,38H,3-11,14-15,20-23,28-29H2,1-2H3,(H,36,37). The zero-order valence-corrected chi connectivity index (χ0v) is 25.5. The van der Waals surface area contributed by atoms with Crippen LogP contribution in [0.3, 0.4) is 0 Å². The molecule has 216 valence electrons. The fourth-order valence-corrected chi connectivity index (χ4v) is 9.48. The number of hydrogen-bond donors (Lipinski definition) is 2. The van der Waals surface area contributed by atoms with E-state index in [1.807, 2.05) is 36.4 Å². The molecular weight excluding hydrogens is 500 g/mol. The van der Waals surface area contributed by atoms with Gasteiger partial charge in [-0.1, -0.05) is 139 Å². The van der Waals surface area contributed by atoms with E-state index in [0.717, 1.165) is 81.0 Å². The molecule has 0 aliphatic heterocycles. The minimum atomic E-state index is -2.90. The molecule has 2 rings (SSSR count). The normalized spacial score (nSPS) is 12.0. The lowest BCUT2D eigenvalue weighted by Gasteiger charge is -2.41. The van der Waals surface area contributed by atoms with Crippen LogP contribution in [-0.2, 0) is 9.59 Å². The third-order valence-corrected chi connectivity index (χ3v) is 12.8. The van der Waals surface area contributed by atoms with Gasteiger partial charge in [0.15, 0.2) is 0 Å². The van der Waals surface area contributed by atoms with Crippen LogP contribution in [0.2, 0.25) is 5.04 Å². The third-order valence-electron chi connectivity index (χ3n) is 8.22. The van der Waals surface area contributed by atoms with Crippen LogP contribution in [-0.4, -0.2) is 30.0 Å². The molecule has 0 aliphatic carbocycles. The predicted molar refractivity (Wildman–Crippen MR) is 165 cm³/mol. The molecule has 0 atom stereocenters. The molecule has 0 unspecified atom stereocenters. The van der Waals surface area contributed by atoms with Crippen molar-refractivity contribution in [2.24, 2.45) is 0 Å². The summed E-state index contributed by atoms with van der Waals surface area (Å²) in [6.45, 7) is 4.50. The number of carbonyl (C=O) groups excluding carboxylic acids is 1. The lowest BCUT2D eigenvalue weighted by Crippen LogP contribution is -2.65. The Morgan fingerprint density at radius 3 is 1.36 bits per heavy atom. The number of carboxylic acid groups (broad SMARTS) is 1. The molecule has 0 fully saturated rings. The van der Waals surface area contributed by atoms with Crippen molar-refractivity contribution in [1.29, 1.82) is 0 Å². The van der Waals surface area contributed by atoms with Crippen molar-refractivity contribution in [3.8, 4) is 0 Å². The number of carbonyl (C=O) groups is 2. The van der Waals surface area contributed by atoms with Gasteiger partial charge in [0, 0.05) is 19.3 Å². The molecule has 4 nitrogen and oxygen atoms in total. The van der Waals surface area contributed by atoms with Gasteiger partial charge >= 0.3 is 5.97 Å². The van der Waals surface area contributed by atoms with E-state index >= 15 is 0 Å². The Morgan fingerprint density at radius 2 is 0.949 bits per heavy atom. The molecule has 0 saturated heterocycles. The van der Waals surface area contributed by atoms with E-state index < -0.39 is 14.3 Å². The maximum Gasteiger partial charge on any atom is 0.303 e. The number of Topliss-reactive ketones (excluding diaryl/α,β-unsaturated/α-hetero) is 1. The maximum atomic E-state index is 12.2. The molecule has 2 N–H and O–H groups in total. The first-order chi connectivity index (χ1) is 18.8. The van der Waals surface area contributed by atoms with Crippen molar-refractivity contribution in [2.75, 3.05) is 0 Å². The average Bonchev–Trinajstić information content (AvgIpc) is 2.93. The second-order valence-electron chi connectivity index (χ2n) is 11.9. The highest BCUT2D eigenvalue weighted by Gasteiger charge is 2.49. The first-order valence-electron chi connectivity index (χ1n) is 15.3. The van der Waals surface area contributed by atoms with E-state index in [9.17, 15) is 14.4 Å². The van der Waals surface area contributed by atoms with Gasteiger partial charge in [0.05, 0.1) is 0 Å². The van der Waals surface area contributed by atoms with Crippen LogP contribution in [0.4, 0.5) is 0 Å². The fraction of sp³-hybridized carbons (Fsp3) is 0.588. The van der Waals surface area contributed by atoms with Crippen LogP contribution in [0.1, 0.15) is 123 Å². The molecule has 39 heavy (non-hydrogen) atoms. The van der Waals surface area contributed by atoms with E-state index in [4.69, 9.17) is 5.11 Å². The van der Waals surface area contributed by atoms with Crippen molar-refractivity contribution in [2.45, 2.75) is 128 Å². The smallest absolute Gasteiger partial charge is 0.303 e. The summed E-state index contributed by atoms with van der Waals surface area (Å²) in [6, 6.07) is 20.6. The Bertz CT molecular complexity index is 903. The van der Waals surface area contributed by atoms with Crippen molar-refractivity contribution >= 4 is 30.4 Å². The quantitative estimate of drug-likeness (QED) is 0.115. The van der Waals surface area contributed by atoms with Crippen molar-refractivity contribution in [1.82, 2.24) is 0 Å². The van der Waals surface area contributed by atoms with Gasteiger partial charge in [-0.25, -0.2) is 0 Å². The van der Waals surface area contributed by atoms with Gasteiger partial charge in [-0.3, -0.25) is 9.59 Å². The van der Waals surface area contributed by atoms with Crippen LogP contribution >= 0.6 is 0 Å². The van der Waals surface area contributed by atoms with Gasteiger partial charge in [-0.2, -0.15) is 0 Å². The van der Waals surface area contributed by atoms with Gasteiger partial charge in [-0.15, -0.1) is 0 Å². The lowest BCUT2D eigenvalue weighted by atomic mass is 10.0.